The van der Waals surface area contributed by atoms with E-state index in [2.05, 4.69) is 0 Å². The Morgan fingerprint density at radius 3 is 1.21 bits per heavy atom. The maximum Gasteiger partial charge on any atom is 0.338 e. The molecule has 42 heavy (non-hydrogen) atoms. The van der Waals surface area contributed by atoms with E-state index < -0.39 is 55.4 Å². The SMILES string of the molecule is O=C(OCC(O)[C@@H](OC(=O)c1ccccc1)C(COC(=O)c1ccccc1)OC(=O)c1ccccc1)c1ccccc1. The molecule has 0 saturated carbocycles. The molecule has 4 aromatic rings. The van der Waals surface area contributed by atoms with Crippen LogP contribution in [0, 0.1) is 0 Å². The molecule has 0 saturated heterocycles. The Kier molecular flexibility index (Phi) is 10.6. The highest BCUT2D eigenvalue weighted by molar-refractivity contribution is 5.91. The van der Waals surface area contributed by atoms with Crippen molar-refractivity contribution in [2.45, 2.75) is 18.3 Å². The minimum atomic E-state index is -1.67. The van der Waals surface area contributed by atoms with Crippen LogP contribution in [-0.4, -0.2) is 60.5 Å². The summed E-state index contributed by atoms with van der Waals surface area (Å²) in [5, 5.41) is 11.2. The largest absolute Gasteiger partial charge is 0.459 e. The number of hydrogen-bond acceptors (Lipinski definition) is 9. The molecule has 4 rings (SSSR count). The Balaban J connectivity index is 1.59. The highest BCUT2D eigenvalue weighted by Crippen LogP contribution is 2.18. The maximum absolute atomic E-state index is 13.0. The smallest absolute Gasteiger partial charge is 0.338 e. The van der Waals surface area contributed by atoms with E-state index in [0.717, 1.165) is 0 Å². The molecule has 214 valence electrons. The molecule has 4 aromatic carbocycles. The molecule has 9 heteroatoms. The third-order valence-corrected chi connectivity index (χ3v) is 6.05. The molecular weight excluding hydrogens is 540 g/mol. The van der Waals surface area contributed by atoms with Gasteiger partial charge in [-0.3, -0.25) is 0 Å². The Labute approximate surface area is 242 Å². The molecule has 0 aliphatic rings. The number of benzene rings is 4. The number of aliphatic hydroxyl groups is 1. The predicted molar refractivity (Wildman–Crippen MR) is 151 cm³/mol. The topological polar surface area (TPSA) is 125 Å². The molecule has 0 aliphatic heterocycles. The number of ether oxygens (including phenoxy) is 4. The van der Waals surface area contributed by atoms with E-state index >= 15 is 0 Å². The van der Waals surface area contributed by atoms with Crippen molar-refractivity contribution in [1.82, 2.24) is 0 Å². The van der Waals surface area contributed by atoms with Gasteiger partial charge >= 0.3 is 23.9 Å². The van der Waals surface area contributed by atoms with E-state index in [0.29, 0.717) is 0 Å². The third kappa shape index (κ3) is 8.36. The lowest BCUT2D eigenvalue weighted by Crippen LogP contribution is -2.48. The van der Waals surface area contributed by atoms with Gasteiger partial charge in [0.25, 0.3) is 0 Å². The average Bonchev–Trinajstić information content (AvgIpc) is 3.05. The van der Waals surface area contributed by atoms with Crippen molar-refractivity contribution in [2.24, 2.45) is 0 Å². The zero-order valence-electron chi connectivity index (χ0n) is 22.4. The second-order valence-electron chi connectivity index (χ2n) is 9.04. The van der Waals surface area contributed by atoms with E-state index in [1.807, 2.05) is 0 Å². The fourth-order valence-corrected chi connectivity index (χ4v) is 3.87. The molecule has 0 amide bonds. The van der Waals surface area contributed by atoms with Crippen molar-refractivity contribution >= 4 is 23.9 Å². The number of carbonyl (C=O) groups is 4. The highest BCUT2D eigenvalue weighted by atomic mass is 16.6. The Morgan fingerprint density at radius 2 is 0.810 bits per heavy atom. The lowest BCUT2D eigenvalue weighted by molar-refractivity contribution is -0.108. The second-order valence-corrected chi connectivity index (χ2v) is 9.04. The number of hydrogen-bond donors (Lipinski definition) is 1. The van der Waals surface area contributed by atoms with E-state index in [1.165, 1.54) is 48.5 Å². The number of rotatable bonds is 12. The lowest BCUT2D eigenvalue weighted by atomic mass is 10.1. The van der Waals surface area contributed by atoms with Crippen molar-refractivity contribution in [3.8, 4) is 0 Å². The molecule has 1 N–H and O–H groups in total. The molecule has 0 spiro atoms. The third-order valence-electron chi connectivity index (χ3n) is 6.05. The zero-order chi connectivity index (χ0) is 29.7. The van der Waals surface area contributed by atoms with Gasteiger partial charge in [0.1, 0.15) is 19.3 Å². The summed E-state index contributed by atoms with van der Waals surface area (Å²) in [5.74, 6) is -3.11. The van der Waals surface area contributed by atoms with Crippen LogP contribution in [0.1, 0.15) is 41.4 Å². The molecular formula is C33H28O9. The van der Waals surface area contributed by atoms with Crippen molar-refractivity contribution in [3.63, 3.8) is 0 Å². The van der Waals surface area contributed by atoms with E-state index in [1.54, 1.807) is 72.8 Å². The van der Waals surface area contributed by atoms with Gasteiger partial charge in [-0.2, -0.15) is 0 Å². The van der Waals surface area contributed by atoms with Gasteiger partial charge in [0.05, 0.1) is 22.3 Å². The normalized spacial score (nSPS) is 12.7. The van der Waals surface area contributed by atoms with Crippen LogP contribution >= 0.6 is 0 Å². The van der Waals surface area contributed by atoms with Crippen molar-refractivity contribution in [2.75, 3.05) is 13.2 Å². The highest BCUT2D eigenvalue weighted by Gasteiger charge is 2.37. The van der Waals surface area contributed by atoms with Crippen LogP contribution in [0.25, 0.3) is 0 Å². The first-order valence-corrected chi connectivity index (χ1v) is 13.1. The molecule has 0 bridgehead atoms. The van der Waals surface area contributed by atoms with Crippen LogP contribution in [0.15, 0.2) is 121 Å². The molecule has 0 radical (unpaired) electrons. The summed E-state index contributed by atoms with van der Waals surface area (Å²) in [6.07, 6.45) is -4.75. The molecule has 0 aliphatic carbocycles. The molecule has 9 nitrogen and oxygen atoms in total. The van der Waals surface area contributed by atoms with Crippen molar-refractivity contribution in [3.05, 3.63) is 144 Å². The first-order chi connectivity index (χ1) is 20.4. The van der Waals surface area contributed by atoms with Crippen molar-refractivity contribution < 1.29 is 43.2 Å². The predicted octanol–water partition coefficient (Wildman–Crippen LogP) is 4.51. The van der Waals surface area contributed by atoms with Crippen LogP contribution < -0.4 is 0 Å². The van der Waals surface area contributed by atoms with Gasteiger partial charge in [0, 0.05) is 0 Å². The molecule has 0 fully saturated rings. The van der Waals surface area contributed by atoms with Gasteiger partial charge in [-0.05, 0) is 48.5 Å². The summed E-state index contributed by atoms with van der Waals surface area (Å²) in [6.45, 7) is -1.20. The summed E-state index contributed by atoms with van der Waals surface area (Å²) in [4.78, 5) is 51.3. The Morgan fingerprint density at radius 1 is 0.476 bits per heavy atom. The summed E-state index contributed by atoms with van der Waals surface area (Å²) in [7, 11) is 0. The minimum Gasteiger partial charge on any atom is -0.459 e. The summed E-state index contributed by atoms with van der Waals surface area (Å²) in [5.41, 5.74) is 0.813. The van der Waals surface area contributed by atoms with Crippen LogP contribution in [0.3, 0.4) is 0 Å². The van der Waals surface area contributed by atoms with Crippen LogP contribution in [0.4, 0.5) is 0 Å². The van der Waals surface area contributed by atoms with Crippen LogP contribution in [0.2, 0.25) is 0 Å². The Bertz CT molecular complexity index is 1460. The first kappa shape index (κ1) is 29.7. The van der Waals surface area contributed by atoms with Crippen LogP contribution in [-0.2, 0) is 18.9 Å². The minimum absolute atomic E-state index is 0.158. The van der Waals surface area contributed by atoms with Crippen molar-refractivity contribution in [1.29, 1.82) is 0 Å². The van der Waals surface area contributed by atoms with Gasteiger partial charge < -0.3 is 24.1 Å². The molecule has 3 atom stereocenters. The summed E-state index contributed by atoms with van der Waals surface area (Å²) < 4.78 is 21.9. The standard InChI is InChI=1S/C33H28O9/c34-27(21-39-30(35)23-13-5-1-6-14-23)29(42-33(38)26-19-11-4-12-20-26)28(41-32(37)25-17-9-3-10-18-25)22-40-31(36)24-15-7-2-8-16-24/h1-20,27-29,34H,21-22H2/t27?,28?,29-/m1/s1. The van der Waals surface area contributed by atoms with Crippen LogP contribution in [0.5, 0.6) is 0 Å². The molecule has 0 aromatic heterocycles. The second kappa shape index (κ2) is 14.9. The van der Waals surface area contributed by atoms with Gasteiger partial charge in [-0.25, -0.2) is 19.2 Å². The lowest BCUT2D eigenvalue weighted by Gasteiger charge is -2.30. The summed E-state index contributed by atoms with van der Waals surface area (Å²) in [6, 6.07) is 32.2. The fraction of sp³-hybridized carbons (Fsp3) is 0.152. The van der Waals surface area contributed by atoms with Gasteiger partial charge in [-0.15, -0.1) is 0 Å². The van der Waals surface area contributed by atoms with Gasteiger partial charge in [0.2, 0.25) is 0 Å². The maximum atomic E-state index is 13.0. The zero-order valence-corrected chi connectivity index (χ0v) is 22.4. The number of esters is 4. The number of aliphatic hydroxyl groups excluding tert-OH is 1. The molecule has 2 unspecified atom stereocenters. The van der Waals surface area contributed by atoms with Gasteiger partial charge in [-0.1, -0.05) is 72.8 Å². The number of carbonyl (C=O) groups excluding carboxylic acids is 4. The first-order valence-electron chi connectivity index (χ1n) is 13.1. The van der Waals surface area contributed by atoms with E-state index in [-0.39, 0.29) is 22.3 Å². The van der Waals surface area contributed by atoms with E-state index in [9.17, 15) is 24.3 Å². The molecule has 0 heterocycles. The Hall–Kier alpha value is -5.28. The quantitative estimate of drug-likeness (QED) is 0.194. The fourth-order valence-electron chi connectivity index (χ4n) is 3.87. The van der Waals surface area contributed by atoms with Gasteiger partial charge in [0.15, 0.2) is 12.2 Å². The van der Waals surface area contributed by atoms with E-state index in [4.69, 9.17) is 18.9 Å². The average molecular weight is 569 g/mol. The monoisotopic (exact) mass is 568 g/mol. The summed E-state index contributed by atoms with van der Waals surface area (Å²) >= 11 is 0.